The Bertz CT molecular complexity index is 1500. The van der Waals surface area contributed by atoms with Crippen LogP contribution in [0.1, 0.15) is 153 Å². The molecule has 0 aromatic heterocycles. The van der Waals surface area contributed by atoms with Gasteiger partial charge in [0.1, 0.15) is 12.2 Å². The van der Waals surface area contributed by atoms with Crippen molar-refractivity contribution in [2.45, 2.75) is 142 Å². The molecular weight excluding hydrogens is 588 g/mol. The lowest BCUT2D eigenvalue weighted by Gasteiger charge is -2.52. The van der Waals surface area contributed by atoms with Crippen molar-refractivity contribution in [3.8, 4) is 23.7 Å². The minimum Gasteiger partial charge on any atom is -0.290 e. The molecule has 2 saturated heterocycles. The first-order valence-corrected chi connectivity index (χ1v) is 17.8. The number of hydrogen-bond acceptors (Lipinski definition) is 4. The molecule has 5 rings (SSSR count). The highest BCUT2D eigenvalue weighted by Crippen LogP contribution is 2.41. The molecule has 0 bridgehead atoms. The molecule has 2 aliphatic heterocycles. The molecule has 2 unspecified atom stereocenters. The standard InChI is InChI=1S/C44H56N2O2/c1-33(47-45-41(3,4)29-11-30-42(45,5)6)39-25-21-37(22-26-39)19-17-35-13-15-36(16-14-35)18-20-38-23-27-40(28-24-38)34(2)48-46-43(7,8)31-12-32-44(46,9)10/h13-16,21-28,33-34H,11-12,29-32H2,1-10H3. The van der Waals surface area contributed by atoms with E-state index in [0.717, 1.165) is 59.1 Å². The first-order valence-electron chi connectivity index (χ1n) is 17.8. The van der Waals surface area contributed by atoms with Gasteiger partial charge < -0.3 is 0 Å². The third kappa shape index (κ3) is 8.61. The molecule has 0 aliphatic carbocycles. The zero-order valence-electron chi connectivity index (χ0n) is 31.0. The highest BCUT2D eigenvalue weighted by molar-refractivity contribution is 5.48. The molecule has 3 aromatic rings. The van der Waals surface area contributed by atoms with Gasteiger partial charge in [-0.1, -0.05) is 47.9 Å². The van der Waals surface area contributed by atoms with Crippen LogP contribution in [0.5, 0.6) is 0 Å². The lowest BCUT2D eigenvalue weighted by molar-refractivity contribution is -0.304. The smallest absolute Gasteiger partial charge is 0.102 e. The first kappa shape index (κ1) is 35.9. The molecule has 2 atom stereocenters. The first-order chi connectivity index (χ1) is 22.6. The minimum absolute atomic E-state index is 0.0189. The van der Waals surface area contributed by atoms with Gasteiger partial charge in [0.05, 0.1) is 0 Å². The predicted octanol–water partition coefficient (Wildman–Crippen LogP) is 10.6. The predicted molar refractivity (Wildman–Crippen MR) is 198 cm³/mol. The second-order valence-corrected chi connectivity index (χ2v) is 16.4. The minimum atomic E-state index is -0.0301. The van der Waals surface area contributed by atoms with Crippen LogP contribution in [0.2, 0.25) is 0 Å². The Balaban J connectivity index is 1.16. The zero-order chi connectivity index (χ0) is 34.7. The number of hydrogen-bond donors (Lipinski definition) is 0. The average Bonchev–Trinajstić information content (AvgIpc) is 3.03. The largest absolute Gasteiger partial charge is 0.290 e. The molecule has 4 heteroatoms. The maximum atomic E-state index is 6.57. The summed E-state index contributed by atoms with van der Waals surface area (Å²) in [4.78, 5) is 13.1. The second-order valence-electron chi connectivity index (χ2n) is 16.4. The number of benzene rings is 3. The van der Waals surface area contributed by atoms with Crippen LogP contribution in [0.15, 0.2) is 72.8 Å². The maximum Gasteiger partial charge on any atom is 0.102 e. The molecule has 2 heterocycles. The summed E-state index contributed by atoms with van der Waals surface area (Å²) in [6.07, 6.45) is 6.99. The monoisotopic (exact) mass is 644 g/mol. The van der Waals surface area contributed by atoms with Gasteiger partial charge in [-0.05, 0) is 167 Å². The summed E-state index contributed by atoms with van der Waals surface area (Å²) in [6.45, 7) is 22.5. The Labute approximate surface area is 291 Å². The van der Waals surface area contributed by atoms with E-state index < -0.39 is 0 Å². The van der Waals surface area contributed by atoms with E-state index >= 15 is 0 Å². The van der Waals surface area contributed by atoms with Crippen molar-refractivity contribution in [3.05, 3.63) is 106 Å². The molecular formula is C44H56N2O2. The Hall–Kier alpha value is -3.38. The highest BCUT2D eigenvalue weighted by Gasteiger charge is 2.44. The van der Waals surface area contributed by atoms with Crippen LogP contribution in [0, 0.1) is 23.7 Å². The Kier molecular flexibility index (Phi) is 10.6. The molecule has 4 nitrogen and oxygen atoms in total. The van der Waals surface area contributed by atoms with Crippen molar-refractivity contribution >= 4 is 0 Å². The van der Waals surface area contributed by atoms with Gasteiger partial charge in [-0.15, -0.1) is 0 Å². The topological polar surface area (TPSA) is 24.9 Å². The van der Waals surface area contributed by atoms with Crippen LogP contribution in [0.3, 0.4) is 0 Å². The third-order valence-electron chi connectivity index (χ3n) is 10.2. The van der Waals surface area contributed by atoms with Gasteiger partial charge in [0.15, 0.2) is 0 Å². The van der Waals surface area contributed by atoms with Crippen LogP contribution in [-0.2, 0) is 9.68 Å². The normalized spacial score (nSPS) is 21.2. The van der Waals surface area contributed by atoms with Gasteiger partial charge in [-0.25, -0.2) is 0 Å². The molecule has 2 aliphatic rings. The number of nitrogens with zero attached hydrogens (tertiary/aromatic N) is 2. The van der Waals surface area contributed by atoms with E-state index in [9.17, 15) is 0 Å². The lowest BCUT2D eigenvalue weighted by atomic mass is 9.82. The summed E-state index contributed by atoms with van der Waals surface area (Å²) in [5.74, 6) is 13.2. The average molecular weight is 645 g/mol. The summed E-state index contributed by atoms with van der Waals surface area (Å²) >= 11 is 0. The van der Waals surface area contributed by atoms with Gasteiger partial charge in [0.25, 0.3) is 0 Å². The molecule has 0 amide bonds. The van der Waals surface area contributed by atoms with Gasteiger partial charge in [-0.2, -0.15) is 10.1 Å². The summed E-state index contributed by atoms with van der Waals surface area (Å²) < 4.78 is 0. The van der Waals surface area contributed by atoms with E-state index in [1.807, 2.05) is 24.3 Å². The van der Waals surface area contributed by atoms with Crippen molar-refractivity contribution in [1.82, 2.24) is 10.1 Å². The van der Waals surface area contributed by atoms with Crippen LogP contribution >= 0.6 is 0 Å². The molecule has 3 aromatic carbocycles. The third-order valence-corrected chi connectivity index (χ3v) is 10.2. The fraction of sp³-hybridized carbons (Fsp3) is 0.500. The number of piperidine rings is 2. The molecule has 0 saturated carbocycles. The zero-order valence-corrected chi connectivity index (χ0v) is 31.0. The highest BCUT2D eigenvalue weighted by atomic mass is 16.7. The van der Waals surface area contributed by atoms with Gasteiger partial charge in [-0.3, -0.25) is 9.68 Å². The van der Waals surface area contributed by atoms with Crippen LogP contribution in [0.4, 0.5) is 0 Å². The van der Waals surface area contributed by atoms with Gasteiger partial charge in [0.2, 0.25) is 0 Å². The van der Waals surface area contributed by atoms with Crippen molar-refractivity contribution in [3.63, 3.8) is 0 Å². The fourth-order valence-electron chi connectivity index (χ4n) is 7.56. The summed E-state index contributed by atoms with van der Waals surface area (Å²) in [5.41, 5.74) is 6.29. The Morgan fingerprint density at radius 2 is 0.667 bits per heavy atom. The quantitative estimate of drug-likeness (QED) is 0.249. The fourth-order valence-corrected chi connectivity index (χ4v) is 7.56. The van der Waals surface area contributed by atoms with Crippen LogP contribution in [0.25, 0.3) is 0 Å². The summed E-state index contributed by atoms with van der Waals surface area (Å²) in [6, 6.07) is 25.0. The van der Waals surface area contributed by atoms with Crippen molar-refractivity contribution in [2.75, 3.05) is 0 Å². The van der Waals surface area contributed by atoms with Gasteiger partial charge in [0, 0.05) is 44.4 Å². The molecule has 0 spiro atoms. The van der Waals surface area contributed by atoms with Crippen molar-refractivity contribution < 1.29 is 9.68 Å². The van der Waals surface area contributed by atoms with E-state index in [0.29, 0.717) is 0 Å². The van der Waals surface area contributed by atoms with Gasteiger partial charge >= 0.3 is 0 Å². The van der Waals surface area contributed by atoms with Crippen LogP contribution in [-0.4, -0.2) is 32.3 Å². The molecule has 48 heavy (non-hydrogen) atoms. The van der Waals surface area contributed by atoms with Crippen molar-refractivity contribution in [2.24, 2.45) is 0 Å². The molecule has 0 radical (unpaired) electrons. The molecule has 0 N–H and O–H groups in total. The lowest BCUT2D eigenvalue weighted by Crippen LogP contribution is -2.58. The van der Waals surface area contributed by atoms with E-state index in [2.05, 4.69) is 152 Å². The second kappa shape index (κ2) is 14.2. The van der Waals surface area contributed by atoms with Crippen molar-refractivity contribution in [1.29, 1.82) is 0 Å². The molecule has 2 fully saturated rings. The number of hydroxylamine groups is 4. The number of rotatable bonds is 6. The molecule has 254 valence electrons. The Morgan fingerprint density at radius 1 is 0.438 bits per heavy atom. The maximum absolute atomic E-state index is 6.57. The Morgan fingerprint density at radius 3 is 0.917 bits per heavy atom. The van der Waals surface area contributed by atoms with E-state index in [1.165, 1.54) is 12.8 Å². The summed E-state index contributed by atoms with van der Waals surface area (Å²) in [5, 5.41) is 4.47. The van der Waals surface area contributed by atoms with E-state index in [-0.39, 0.29) is 34.4 Å². The van der Waals surface area contributed by atoms with E-state index in [4.69, 9.17) is 9.68 Å². The summed E-state index contributed by atoms with van der Waals surface area (Å²) in [7, 11) is 0. The van der Waals surface area contributed by atoms with Crippen LogP contribution < -0.4 is 0 Å². The SMILES string of the molecule is CC(ON1C(C)(C)CCCC1(C)C)c1ccc(C#Cc2ccc(C#Cc3ccc(C(C)ON4C(C)(C)CCCC4(C)C)cc3)cc2)cc1. The van der Waals surface area contributed by atoms with E-state index in [1.54, 1.807) is 0 Å².